The fourth-order valence-corrected chi connectivity index (χ4v) is 10.1. The third kappa shape index (κ3) is 8.96. The van der Waals surface area contributed by atoms with Gasteiger partial charge in [-0.1, -0.05) is 18.9 Å². The van der Waals surface area contributed by atoms with Gasteiger partial charge in [-0.15, -0.1) is 0 Å². The van der Waals surface area contributed by atoms with Gasteiger partial charge in [-0.3, -0.25) is 48.6 Å². The van der Waals surface area contributed by atoms with Gasteiger partial charge >= 0.3 is 5.92 Å². The predicted molar refractivity (Wildman–Crippen MR) is 240 cm³/mol. The maximum absolute atomic E-state index is 15.7. The Balaban J connectivity index is 0.768. The number of benzene rings is 2. The van der Waals surface area contributed by atoms with Crippen molar-refractivity contribution in [3.8, 4) is 5.75 Å². The second-order valence-electron chi connectivity index (χ2n) is 18.0. The van der Waals surface area contributed by atoms with Crippen molar-refractivity contribution in [2.75, 3.05) is 80.0 Å². The molecule has 1 aliphatic carbocycles. The van der Waals surface area contributed by atoms with E-state index in [2.05, 4.69) is 25.9 Å². The second-order valence-corrected chi connectivity index (χ2v) is 18.0. The highest BCUT2D eigenvalue weighted by molar-refractivity contribution is 6.25. The standard InChI is InChI=1S/C46H50F3N11O9/c1-55-33-22-50-45(54-39(33)59(26-6-3-4-7-26)24-46(48,49)44(55)68)52-30-21-29(47)28(20-34(30)69-2)40(64)51-25-14-15-58(23-25)37(63)13-12-36(62)57-18-16-56(17-19-57)31-9-5-8-27-38(31)43(67)60(42(27)66)32-10-11-35(61)53-41(32)65/h5,8-9,20-22,25-26,32H,3-4,6-7,10-19,23-24H2,1-2H3,(H,51,64)(H,50,52,54)(H,53,61,65)/t25-,32?/m0/s1. The summed E-state index contributed by atoms with van der Waals surface area (Å²) in [7, 11) is 2.55. The molecule has 0 spiro atoms. The SMILES string of the molecule is COc1cc(C(=O)N[C@H]2CCN(C(=O)CCC(=O)N3CCN(c4cccc5c4C(=O)N(C4CCC(=O)NC4=O)C5=O)CC3)C2)c(F)cc1Nc1ncc2c(n1)N(C1CCCC1)CC(F)(F)C(=O)N2C. The van der Waals surface area contributed by atoms with E-state index >= 15 is 13.2 Å². The lowest BCUT2D eigenvalue weighted by atomic mass is 10.0. The number of amides is 8. The number of aromatic nitrogens is 2. The number of fused-ring (bicyclic) bond motifs is 2. The molecule has 4 fully saturated rings. The Hall–Kier alpha value is -7.33. The molecule has 3 aromatic rings. The third-order valence-corrected chi connectivity index (χ3v) is 13.8. The maximum atomic E-state index is 15.7. The van der Waals surface area contributed by atoms with E-state index in [1.165, 1.54) is 42.3 Å². The van der Waals surface area contributed by atoms with Gasteiger partial charge in [0.05, 0.1) is 47.9 Å². The summed E-state index contributed by atoms with van der Waals surface area (Å²) in [5.74, 6) is -9.53. The van der Waals surface area contributed by atoms with E-state index in [4.69, 9.17) is 4.74 Å². The van der Waals surface area contributed by atoms with Crippen molar-refractivity contribution in [1.29, 1.82) is 0 Å². The van der Waals surface area contributed by atoms with Crippen LogP contribution in [0.25, 0.3) is 0 Å². The minimum absolute atomic E-state index is 0.00428. The zero-order valence-corrected chi connectivity index (χ0v) is 37.9. The summed E-state index contributed by atoms with van der Waals surface area (Å²) in [6, 6.07) is 5.23. The van der Waals surface area contributed by atoms with Crippen LogP contribution in [0.5, 0.6) is 5.75 Å². The van der Waals surface area contributed by atoms with Crippen LogP contribution in [0.2, 0.25) is 0 Å². The van der Waals surface area contributed by atoms with Gasteiger partial charge in [-0.05, 0) is 43.9 Å². The van der Waals surface area contributed by atoms with Gasteiger partial charge in [0, 0.05) is 83.7 Å². The molecule has 3 saturated heterocycles. The number of hydrogen-bond acceptors (Lipinski definition) is 14. The first-order valence-electron chi connectivity index (χ1n) is 22.9. The normalized spacial score (nSPS) is 21.6. The highest BCUT2D eigenvalue weighted by Gasteiger charge is 2.49. The number of rotatable bonds is 11. The van der Waals surface area contributed by atoms with Crippen LogP contribution < -0.4 is 35.4 Å². The number of piperidine rings is 1. The van der Waals surface area contributed by atoms with Crippen LogP contribution in [0.1, 0.15) is 88.9 Å². The Bertz CT molecular complexity index is 2660. The number of piperazine rings is 1. The number of imide groups is 2. The van der Waals surface area contributed by atoms with Crippen LogP contribution in [-0.2, 0) is 24.0 Å². The Morgan fingerprint density at radius 1 is 0.899 bits per heavy atom. The van der Waals surface area contributed by atoms with Crippen LogP contribution in [0, 0.1) is 5.82 Å². The van der Waals surface area contributed by atoms with E-state index in [-0.39, 0.29) is 109 Å². The Kier molecular flexibility index (Phi) is 12.6. The maximum Gasteiger partial charge on any atom is 0.342 e. The fraction of sp³-hybridized carbons (Fsp3) is 0.478. The van der Waals surface area contributed by atoms with Gasteiger partial charge in [-0.25, -0.2) is 9.37 Å². The molecule has 69 heavy (non-hydrogen) atoms. The van der Waals surface area contributed by atoms with Gasteiger partial charge in [0.15, 0.2) is 5.82 Å². The summed E-state index contributed by atoms with van der Waals surface area (Å²) in [4.78, 5) is 121. The fourth-order valence-electron chi connectivity index (χ4n) is 10.1. The molecule has 20 nitrogen and oxygen atoms in total. The van der Waals surface area contributed by atoms with E-state index < -0.39 is 65.8 Å². The van der Waals surface area contributed by atoms with Crippen molar-refractivity contribution in [2.24, 2.45) is 0 Å². The van der Waals surface area contributed by atoms with Gasteiger partial charge < -0.3 is 39.9 Å². The van der Waals surface area contributed by atoms with Crippen molar-refractivity contribution >= 4 is 76.1 Å². The minimum atomic E-state index is -3.67. The molecular weight excluding hydrogens is 908 g/mol. The quantitative estimate of drug-likeness (QED) is 0.235. The summed E-state index contributed by atoms with van der Waals surface area (Å²) in [6.07, 6.45) is 4.52. The number of carbonyl (C=O) groups is 8. The summed E-state index contributed by atoms with van der Waals surface area (Å²) in [5, 5.41) is 7.85. The molecule has 1 unspecified atom stereocenters. The van der Waals surface area contributed by atoms with E-state index in [1.807, 2.05) is 4.90 Å². The predicted octanol–water partition coefficient (Wildman–Crippen LogP) is 2.59. The van der Waals surface area contributed by atoms with E-state index in [0.717, 1.165) is 28.7 Å². The average Bonchev–Trinajstić information content (AvgIpc) is 4.09. The van der Waals surface area contributed by atoms with Gasteiger partial charge in [0.25, 0.3) is 23.6 Å². The molecule has 6 aliphatic rings. The molecule has 1 aromatic heterocycles. The molecule has 1 saturated carbocycles. The molecule has 364 valence electrons. The van der Waals surface area contributed by atoms with Gasteiger partial charge in [0.1, 0.15) is 23.3 Å². The molecule has 9 rings (SSSR count). The van der Waals surface area contributed by atoms with E-state index in [0.29, 0.717) is 44.6 Å². The van der Waals surface area contributed by atoms with Gasteiger partial charge in [-0.2, -0.15) is 13.8 Å². The third-order valence-electron chi connectivity index (χ3n) is 13.8. The number of likely N-dealkylation sites (tertiary alicyclic amines) is 1. The first-order chi connectivity index (χ1) is 33.0. The van der Waals surface area contributed by atoms with Crippen LogP contribution in [0.4, 0.5) is 42.0 Å². The van der Waals surface area contributed by atoms with Crippen LogP contribution >= 0.6 is 0 Å². The molecule has 6 heterocycles. The molecule has 3 N–H and O–H groups in total. The molecule has 8 amide bonds. The first-order valence-corrected chi connectivity index (χ1v) is 22.9. The van der Waals surface area contributed by atoms with Crippen molar-refractivity contribution in [3.05, 3.63) is 59.0 Å². The molecular formula is C46H50F3N11O9. The monoisotopic (exact) mass is 957 g/mol. The highest BCUT2D eigenvalue weighted by atomic mass is 19.3. The number of anilines is 5. The van der Waals surface area contributed by atoms with Crippen LogP contribution in [0.15, 0.2) is 36.5 Å². The number of methoxy groups -OCH3 is 1. The number of halogens is 3. The lowest BCUT2D eigenvalue weighted by Gasteiger charge is -2.37. The Morgan fingerprint density at radius 3 is 2.33 bits per heavy atom. The Labute approximate surface area is 393 Å². The molecule has 23 heteroatoms. The summed E-state index contributed by atoms with van der Waals surface area (Å²) < 4.78 is 51.3. The first kappa shape index (κ1) is 46.8. The van der Waals surface area contributed by atoms with Crippen LogP contribution in [-0.4, -0.2) is 156 Å². The molecule has 2 atom stereocenters. The highest BCUT2D eigenvalue weighted by Crippen LogP contribution is 2.41. The minimum Gasteiger partial charge on any atom is -0.495 e. The lowest BCUT2D eigenvalue weighted by molar-refractivity contribution is -0.140. The summed E-state index contributed by atoms with van der Waals surface area (Å²) in [6.45, 7) is 0.841. The average molecular weight is 958 g/mol. The molecule has 2 aromatic carbocycles. The lowest BCUT2D eigenvalue weighted by Crippen LogP contribution is -2.54. The summed E-state index contributed by atoms with van der Waals surface area (Å²) in [5.41, 5.74) is 0.643. The summed E-state index contributed by atoms with van der Waals surface area (Å²) >= 11 is 0. The zero-order chi connectivity index (χ0) is 48.9. The zero-order valence-electron chi connectivity index (χ0n) is 37.9. The number of carbonyl (C=O) groups excluding carboxylic acids is 8. The van der Waals surface area contributed by atoms with Crippen molar-refractivity contribution in [1.82, 2.24) is 35.3 Å². The topological polar surface area (TPSA) is 227 Å². The largest absolute Gasteiger partial charge is 0.495 e. The Morgan fingerprint density at radius 2 is 1.62 bits per heavy atom. The smallest absolute Gasteiger partial charge is 0.342 e. The number of nitrogens with zero attached hydrogens (tertiary/aromatic N) is 8. The second kappa shape index (κ2) is 18.6. The van der Waals surface area contributed by atoms with E-state index in [1.54, 1.807) is 17.0 Å². The number of alkyl halides is 2. The molecule has 0 radical (unpaired) electrons. The number of nitrogens with one attached hydrogen (secondary N) is 3. The molecule has 0 bridgehead atoms. The van der Waals surface area contributed by atoms with E-state index in [9.17, 15) is 38.4 Å². The van der Waals surface area contributed by atoms with Gasteiger partial charge in [0.2, 0.25) is 29.6 Å². The van der Waals surface area contributed by atoms with Crippen molar-refractivity contribution in [2.45, 2.75) is 81.8 Å². The van der Waals surface area contributed by atoms with Crippen molar-refractivity contribution in [3.63, 3.8) is 0 Å². The molecule has 5 aliphatic heterocycles. The van der Waals surface area contributed by atoms with Crippen LogP contribution in [0.3, 0.4) is 0 Å². The van der Waals surface area contributed by atoms with Crippen molar-refractivity contribution < 1.29 is 56.3 Å². The number of hydrogen-bond donors (Lipinski definition) is 3. The number of ether oxygens (including phenoxy) is 1.